The van der Waals surface area contributed by atoms with Gasteiger partial charge in [-0.25, -0.2) is 0 Å². The van der Waals surface area contributed by atoms with Gasteiger partial charge in [-0.05, 0) is 51.0 Å². The van der Waals surface area contributed by atoms with Crippen molar-refractivity contribution < 1.29 is 14.6 Å². The van der Waals surface area contributed by atoms with Gasteiger partial charge in [0.2, 0.25) is 0 Å². The van der Waals surface area contributed by atoms with Crippen LogP contribution in [0.15, 0.2) is 24.3 Å². The van der Waals surface area contributed by atoms with E-state index in [0.717, 1.165) is 12.8 Å². The molecule has 20 heavy (non-hydrogen) atoms. The van der Waals surface area contributed by atoms with Gasteiger partial charge in [0, 0.05) is 18.1 Å². The van der Waals surface area contributed by atoms with E-state index in [-0.39, 0.29) is 5.91 Å². The van der Waals surface area contributed by atoms with Crippen molar-refractivity contribution in [3.8, 4) is 5.75 Å². The average molecular weight is 298 g/mol. The molecule has 1 saturated heterocycles. The number of aliphatic hydroxyl groups excluding tert-OH is 1. The molecule has 110 valence electrons. The Labute approximate surface area is 124 Å². The molecule has 1 amide bonds. The molecule has 0 aliphatic carbocycles. The molecule has 1 heterocycles. The standard InChI is InChI=1S/C15H20ClNO3/c1-15(2,20-13-7-5-11(16)6-8-13)14(19)17-9-3-4-12(18)10-17/h5-8,12,18H,3-4,9-10H2,1-2H3. The van der Waals surface area contributed by atoms with Crippen molar-refractivity contribution >= 4 is 17.5 Å². The molecule has 0 spiro atoms. The Balaban J connectivity index is 2.04. The maximum absolute atomic E-state index is 12.5. The smallest absolute Gasteiger partial charge is 0.266 e. The maximum atomic E-state index is 12.5. The largest absolute Gasteiger partial charge is 0.478 e. The Morgan fingerprint density at radius 2 is 2.05 bits per heavy atom. The van der Waals surface area contributed by atoms with Crippen LogP contribution in [-0.4, -0.2) is 40.7 Å². The summed E-state index contributed by atoms with van der Waals surface area (Å²) in [6.07, 6.45) is 1.14. The van der Waals surface area contributed by atoms with Gasteiger partial charge in [-0.2, -0.15) is 0 Å². The number of ether oxygens (including phenoxy) is 1. The molecule has 1 atom stereocenters. The van der Waals surface area contributed by atoms with Crippen LogP contribution >= 0.6 is 11.6 Å². The van der Waals surface area contributed by atoms with Gasteiger partial charge in [0.1, 0.15) is 5.75 Å². The minimum Gasteiger partial charge on any atom is -0.478 e. The first kappa shape index (κ1) is 15.1. The van der Waals surface area contributed by atoms with Crippen LogP contribution in [0.4, 0.5) is 0 Å². The number of likely N-dealkylation sites (tertiary alicyclic amines) is 1. The number of carbonyl (C=O) groups is 1. The third kappa shape index (κ3) is 3.64. The van der Waals surface area contributed by atoms with Gasteiger partial charge in [-0.3, -0.25) is 4.79 Å². The van der Waals surface area contributed by atoms with E-state index in [9.17, 15) is 9.90 Å². The third-order valence-corrected chi connectivity index (χ3v) is 3.64. The number of hydrogen-bond donors (Lipinski definition) is 1. The molecule has 1 aromatic rings. The fraction of sp³-hybridized carbons (Fsp3) is 0.533. The van der Waals surface area contributed by atoms with Crippen molar-refractivity contribution in [2.45, 2.75) is 38.4 Å². The summed E-state index contributed by atoms with van der Waals surface area (Å²) < 4.78 is 5.78. The quantitative estimate of drug-likeness (QED) is 0.932. The van der Waals surface area contributed by atoms with Crippen LogP contribution in [-0.2, 0) is 4.79 Å². The number of rotatable bonds is 3. The zero-order chi connectivity index (χ0) is 14.8. The molecule has 1 unspecified atom stereocenters. The van der Waals surface area contributed by atoms with E-state index in [0.29, 0.717) is 23.9 Å². The van der Waals surface area contributed by atoms with E-state index in [4.69, 9.17) is 16.3 Å². The van der Waals surface area contributed by atoms with Gasteiger partial charge in [0.15, 0.2) is 5.60 Å². The summed E-state index contributed by atoms with van der Waals surface area (Å²) in [7, 11) is 0. The van der Waals surface area contributed by atoms with Gasteiger partial charge in [-0.15, -0.1) is 0 Å². The number of carbonyl (C=O) groups excluding carboxylic acids is 1. The highest BCUT2D eigenvalue weighted by molar-refractivity contribution is 6.30. The number of halogens is 1. The second-order valence-electron chi connectivity index (χ2n) is 5.61. The number of β-amino-alcohol motifs (C(OH)–C–C–N with tert-alkyl or cyclic N) is 1. The van der Waals surface area contributed by atoms with Gasteiger partial charge < -0.3 is 14.7 Å². The molecular formula is C15H20ClNO3. The summed E-state index contributed by atoms with van der Waals surface area (Å²) in [4.78, 5) is 14.2. The number of piperidine rings is 1. The van der Waals surface area contributed by atoms with Crippen LogP contribution < -0.4 is 4.74 Å². The van der Waals surface area contributed by atoms with E-state index in [1.165, 1.54) is 0 Å². The Kier molecular flexibility index (Phi) is 4.55. The molecular weight excluding hydrogens is 278 g/mol. The number of amides is 1. The average Bonchev–Trinajstić information content (AvgIpc) is 2.40. The van der Waals surface area contributed by atoms with E-state index in [2.05, 4.69) is 0 Å². The van der Waals surface area contributed by atoms with E-state index < -0.39 is 11.7 Å². The van der Waals surface area contributed by atoms with Crippen LogP contribution in [0.3, 0.4) is 0 Å². The fourth-order valence-corrected chi connectivity index (χ4v) is 2.49. The second-order valence-corrected chi connectivity index (χ2v) is 6.05. The zero-order valence-corrected chi connectivity index (χ0v) is 12.6. The van der Waals surface area contributed by atoms with Crippen LogP contribution in [0.1, 0.15) is 26.7 Å². The summed E-state index contributed by atoms with van der Waals surface area (Å²) in [5.74, 6) is 0.497. The molecule has 1 fully saturated rings. The second kappa shape index (κ2) is 6.02. The summed E-state index contributed by atoms with van der Waals surface area (Å²) in [6, 6.07) is 6.93. The number of nitrogens with zero attached hydrogens (tertiary/aromatic N) is 1. The maximum Gasteiger partial charge on any atom is 0.266 e. The first-order valence-corrected chi connectivity index (χ1v) is 7.18. The monoisotopic (exact) mass is 297 g/mol. The van der Waals surface area contributed by atoms with E-state index >= 15 is 0 Å². The summed E-state index contributed by atoms with van der Waals surface area (Å²) >= 11 is 5.82. The van der Waals surface area contributed by atoms with E-state index in [1.807, 2.05) is 0 Å². The highest BCUT2D eigenvalue weighted by Gasteiger charge is 2.36. The van der Waals surface area contributed by atoms with Crippen molar-refractivity contribution in [1.82, 2.24) is 4.90 Å². The Hall–Kier alpha value is -1.26. The number of benzene rings is 1. The van der Waals surface area contributed by atoms with Crippen molar-refractivity contribution in [1.29, 1.82) is 0 Å². The van der Waals surface area contributed by atoms with Crippen LogP contribution in [0.2, 0.25) is 5.02 Å². The van der Waals surface area contributed by atoms with E-state index in [1.54, 1.807) is 43.0 Å². The third-order valence-electron chi connectivity index (χ3n) is 3.39. The first-order valence-electron chi connectivity index (χ1n) is 6.80. The Bertz CT molecular complexity index is 473. The summed E-state index contributed by atoms with van der Waals surface area (Å²) in [6.45, 7) is 4.53. The molecule has 1 aromatic carbocycles. The molecule has 1 aliphatic heterocycles. The molecule has 5 heteroatoms. The highest BCUT2D eigenvalue weighted by atomic mass is 35.5. The topological polar surface area (TPSA) is 49.8 Å². The van der Waals surface area contributed by atoms with Crippen molar-refractivity contribution in [3.05, 3.63) is 29.3 Å². The van der Waals surface area contributed by atoms with Crippen LogP contribution in [0.25, 0.3) is 0 Å². The Morgan fingerprint density at radius 3 is 2.65 bits per heavy atom. The highest BCUT2D eigenvalue weighted by Crippen LogP contribution is 2.23. The Morgan fingerprint density at radius 1 is 1.40 bits per heavy atom. The zero-order valence-electron chi connectivity index (χ0n) is 11.8. The summed E-state index contributed by atoms with van der Waals surface area (Å²) in [5.41, 5.74) is -0.967. The lowest BCUT2D eigenvalue weighted by Crippen LogP contribution is -2.52. The summed E-state index contributed by atoms with van der Waals surface area (Å²) in [5, 5.41) is 10.3. The van der Waals surface area contributed by atoms with Crippen LogP contribution in [0, 0.1) is 0 Å². The van der Waals surface area contributed by atoms with Gasteiger partial charge >= 0.3 is 0 Å². The van der Waals surface area contributed by atoms with Crippen molar-refractivity contribution in [2.75, 3.05) is 13.1 Å². The minimum absolute atomic E-state index is 0.105. The molecule has 1 N–H and O–H groups in total. The minimum atomic E-state index is -0.967. The predicted molar refractivity (Wildman–Crippen MR) is 78.0 cm³/mol. The SMILES string of the molecule is CC(C)(Oc1ccc(Cl)cc1)C(=O)N1CCCC(O)C1. The lowest BCUT2D eigenvalue weighted by atomic mass is 10.0. The van der Waals surface area contributed by atoms with Gasteiger partial charge in [-0.1, -0.05) is 11.6 Å². The molecule has 0 aromatic heterocycles. The molecule has 1 aliphatic rings. The van der Waals surface area contributed by atoms with Crippen molar-refractivity contribution in [2.24, 2.45) is 0 Å². The lowest BCUT2D eigenvalue weighted by Gasteiger charge is -2.36. The van der Waals surface area contributed by atoms with Crippen LogP contribution in [0.5, 0.6) is 5.75 Å². The normalized spacial score (nSPS) is 19.8. The van der Waals surface area contributed by atoms with Gasteiger partial charge in [0.05, 0.1) is 6.10 Å². The van der Waals surface area contributed by atoms with Crippen molar-refractivity contribution in [3.63, 3.8) is 0 Å². The molecule has 2 rings (SSSR count). The number of hydrogen-bond acceptors (Lipinski definition) is 3. The molecule has 0 radical (unpaired) electrons. The molecule has 4 nitrogen and oxygen atoms in total. The van der Waals surface area contributed by atoms with Gasteiger partial charge in [0.25, 0.3) is 5.91 Å². The first-order chi connectivity index (χ1) is 9.38. The molecule has 0 saturated carbocycles. The number of aliphatic hydroxyl groups is 1. The molecule has 0 bridgehead atoms. The predicted octanol–water partition coefficient (Wildman–Crippen LogP) is 2.48. The lowest BCUT2D eigenvalue weighted by molar-refractivity contribution is -0.148. The fourth-order valence-electron chi connectivity index (χ4n) is 2.36.